The minimum atomic E-state index is -1.21. The molecule has 1 aliphatic heterocycles. The van der Waals surface area contributed by atoms with E-state index in [2.05, 4.69) is 36.7 Å². The van der Waals surface area contributed by atoms with E-state index in [1.165, 1.54) is 0 Å². The molecule has 8 nitrogen and oxygen atoms in total. The number of benzene rings is 2. The summed E-state index contributed by atoms with van der Waals surface area (Å²) in [7, 11) is 0. The van der Waals surface area contributed by atoms with Crippen LogP contribution in [0.1, 0.15) is 50.8 Å². The normalized spacial score (nSPS) is 18.1. The number of imide groups is 2. The summed E-state index contributed by atoms with van der Waals surface area (Å²) < 4.78 is 0. The van der Waals surface area contributed by atoms with E-state index in [4.69, 9.17) is 0 Å². The first-order valence-electron chi connectivity index (χ1n) is 10.9. The summed E-state index contributed by atoms with van der Waals surface area (Å²) in [5.74, 6) is -1.01. The van der Waals surface area contributed by atoms with E-state index in [0.717, 1.165) is 16.0 Å². The third kappa shape index (κ3) is 5.58. The third-order valence-electron chi connectivity index (χ3n) is 5.71. The van der Waals surface area contributed by atoms with Crippen LogP contribution >= 0.6 is 0 Å². The van der Waals surface area contributed by atoms with Crippen molar-refractivity contribution in [3.05, 3.63) is 71.3 Å². The largest absolute Gasteiger partial charge is 0.334 e. The molecule has 0 bridgehead atoms. The standard InChI is InChI=1S/C25H30N4O4/c1-24(2,3)18-10-12-19(13-11-18)25(4)21(31)29(23(33)28-25)15-14-20(30)27-22(32)26-16-17-8-6-5-7-9-17/h5-13H,14-16H2,1-4H3,(H,28,33)(H2,26,27,30,32)/t25-/m1/s1. The monoisotopic (exact) mass is 450 g/mol. The van der Waals surface area contributed by atoms with Gasteiger partial charge in [-0.25, -0.2) is 9.59 Å². The van der Waals surface area contributed by atoms with E-state index < -0.39 is 29.4 Å². The van der Waals surface area contributed by atoms with Gasteiger partial charge in [-0.1, -0.05) is 75.4 Å². The van der Waals surface area contributed by atoms with Crippen molar-refractivity contribution in [1.29, 1.82) is 0 Å². The molecular weight excluding hydrogens is 420 g/mol. The summed E-state index contributed by atoms with van der Waals surface area (Å²) in [5.41, 5.74) is 1.44. The van der Waals surface area contributed by atoms with Gasteiger partial charge in [-0.3, -0.25) is 19.8 Å². The molecule has 174 valence electrons. The highest BCUT2D eigenvalue weighted by Gasteiger charge is 2.48. The van der Waals surface area contributed by atoms with Crippen LogP contribution in [0, 0.1) is 0 Å². The lowest BCUT2D eigenvalue weighted by molar-refractivity contribution is -0.131. The molecule has 3 rings (SSSR count). The Morgan fingerprint density at radius 2 is 1.64 bits per heavy atom. The number of carbonyl (C=O) groups is 4. The summed E-state index contributed by atoms with van der Waals surface area (Å²) in [6.07, 6.45) is -0.184. The van der Waals surface area contributed by atoms with Crippen molar-refractivity contribution in [2.75, 3.05) is 6.54 Å². The van der Waals surface area contributed by atoms with Crippen LogP contribution in [-0.2, 0) is 27.1 Å². The SMILES string of the molecule is CC(C)(C)c1ccc([C@@]2(C)NC(=O)N(CCC(=O)NC(=O)NCc3ccccc3)C2=O)cc1. The Hall–Kier alpha value is -3.68. The molecule has 0 unspecified atom stereocenters. The maximum Gasteiger partial charge on any atom is 0.325 e. The van der Waals surface area contributed by atoms with Crippen LogP contribution in [0.3, 0.4) is 0 Å². The topological polar surface area (TPSA) is 108 Å². The molecule has 0 aromatic heterocycles. The van der Waals surface area contributed by atoms with E-state index in [0.29, 0.717) is 5.56 Å². The maximum absolute atomic E-state index is 13.0. The number of rotatable bonds is 6. The minimum Gasteiger partial charge on any atom is -0.334 e. The van der Waals surface area contributed by atoms with Gasteiger partial charge >= 0.3 is 12.1 Å². The van der Waals surface area contributed by atoms with E-state index in [1.54, 1.807) is 6.92 Å². The van der Waals surface area contributed by atoms with Crippen molar-refractivity contribution >= 4 is 23.9 Å². The molecule has 0 radical (unpaired) electrons. The van der Waals surface area contributed by atoms with Crippen molar-refractivity contribution in [1.82, 2.24) is 20.9 Å². The lowest BCUT2D eigenvalue weighted by Gasteiger charge is -2.24. The second kappa shape index (κ2) is 9.44. The predicted octanol–water partition coefficient (Wildman–Crippen LogP) is 3.17. The zero-order chi connectivity index (χ0) is 24.2. The lowest BCUT2D eigenvalue weighted by Crippen LogP contribution is -2.42. The summed E-state index contributed by atoms with van der Waals surface area (Å²) in [5, 5.41) is 7.55. The molecule has 2 aromatic rings. The van der Waals surface area contributed by atoms with Gasteiger partial charge in [0.05, 0.1) is 0 Å². The smallest absolute Gasteiger partial charge is 0.325 e. The molecule has 1 saturated heterocycles. The highest BCUT2D eigenvalue weighted by atomic mass is 16.2. The van der Waals surface area contributed by atoms with Gasteiger partial charge in [-0.2, -0.15) is 0 Å². The van der Waals surface area contributed by atoms with Crippen LogP contribution in [0.25, 0.3) is 0 Å². The van der Waals surface area contributed by atoms with E-state index in [9.17, 15) is 19.2 Å². The number of hydrogen-bond donors (Lipinski definition) is 3. The molecule has 8 heteroatoms. The second-order valence-electron chi connectivity index (χ2n) is 9.31. The van der Waals surface area contributed by atoms with Crippen molar-refractivity contribution in [3.8, 4) is 0 Å². The Balaban J connectivity index is 1.55. The van der Waals surface area contributed by atoms with Crippen LogP contribution in [0.2, 0.25) is 0 Å². The molecule has 0 spiro atoms. The molecule has 6 amide bonds. The predicted molar refractivity (Wildman–Crippen MR) is 124 cm³/mol. The minimum absolute atomic E-state index is 0.0326. The zero-order valence-corrected chi connectivity index (χ0v) is 19.4. The van der Waals surface area contributed by atoms with Crippen molar-refractivity contribution < 1.29 is 19.2 Å². The molecule has 1 fully saturated rings. The third-order valence-corrected chi connectivity index (χ3v) is 5.71. The van der Waals surface area contributed by atoms with Gasteiger partial charge in [-0.05, 0) is 29.0 Å². The first-order valence-corrected chi connectivity index (χ1v) is 10.9. The molecule has 0 saturated carbocycles. The van der Waals surface area contributed by atoms with Crippen molar-refractivity contribution in [2.24, 2.45) is 0 Å². The van der Waals surface area contributed by atoms with Gasteiger partial charge in [0, 0.05) is 19.5 Å². The molecule has 1 aliphatic rings. The van der Waals surface area contributed by atoms with Crippen LogP contribution in [-0.4, -0.2) is 35.3 Å². The highest BCUT2D eigenvalue weighted by Crippen LogP contribution is 2.31. The fraction of sp³-hybridized carbons (Fsp3) is 0.360. The van der Waals surface area contributed by atoms with E-state index >= 15 is 0 Å². The number of urea groups is 2. The van der Waals surface area contributed by atoms with E-state index in [1.807, 2.05) is 54.6 Å². The number of hydrogen-bond acceptors (Lipinski definition) is 4. The maximum atomic E-state index is 13.0. The average Bonchev–Trinajstić information content (AvgIpc) is 2.99. The number of amides is 6. The van der Waals surface area contributed by atoms with Crippen LogP contribution in [0.4, 0.5) is 9.59 Å². The highest BCUT2D eigenvalue weighted by molar-refractivity contribution is 6.07. The molecule has 1 heterocycles. The van der Waals surface area contributed by atoms with Crippen LogP contribution in [0.15, 0.2) is 54.6 Å². The Morgan fingerprint density at radius 3 is 2.24 bits per heavy atom. The fourth-order valence-corrected chi connectivity index (χ4v) is 3.62. The molecule has 3 N–H and O–H groups in total. The quantitative estimate of drug-likeness (QED) is 0.588. The lowest BCUT2D eigenvalue weighted by atomic mass is 9.84. The number of nitrogens with one attached hydrogen (secondary N) is 3. The van der Waals surface area contributed by atoms with Gasteiger partial charge < -0.3 is 10.6 Å². The second-order valence-corrected chi connectivity index (χ2v) is 9.31. The summed E-state index contributed by atoms with van der Waals surface area (Å²) in [6, 6.07) is 15.7. The number of nitrogens with zero attached hydrogens (tertiary/aromatic N) is 1. The first-order chi connectivity index (χ1) is 15.5. The molecule has 2 aromatic carbocycles. The van der Waals surface area contributed by atoms with Gasteiger partial charge in [0.25, 0.3) is 5.91 Å². The summed E-state index contributed by atoms with van der Waals surface area (Å²) >= 11 is 0. The summed E-state index contributed by atoms with van der Waals surface area (Å²) in [6.45, 7) is 8.09. The van der Waals surface area contributed by atoms with Crippen LogP contribution in [0.5, 0.6) is 0 Å². The zero-order valence-electron chi connectivity index (χ0n) is 19.4. The average molecular weight is 451 g/mol. The van der Waals surface area contributed by atoms with Crippen LogP contribution < -0.4 is 16.0 Å². The Kier molecular flexibility index (Phi) is 6.86. The Labute approximate surface area is 193 Å². The molecular formula is C25H30N4O4. The Bertz CT molecular complexity index is 1040. The van der Waals surface area contributed by atoms with E-state index in [-0.39, 0.29) is 24.9 Å². The Morgan fingerprint density at radius 1 is 1.00 bits per heavy atom. The molecule has 1 atom stereocenters. The molecule has 33 heavy (non-hydrogen) atoms. The van der Waals surface area contributed by atoms with Gasteiger partial charge in [0.2, 0.25) is 5.91 Å². The number of carbonyl (C=O) groups excluding carboxylic acids is 4. The van der Waals surface area contributed by atoms with Crippen molar-refractivity contribution in [2.45, 2.75) is 51.6 Å². The van der Waals surface area contributed by atoms with Crippen molar-refractivity contribution in [3.63, 3.8) is 0 Å². The molecule has 0 aliphatic carbocycles. The summed E-state index contributed by atoms with van der Waals surface area (Å²) in [4.78, 5) is 50.6. The first kappa shape index (κ1) is 24.0. The van der Waals surface area contributed by atoms with Gasteiger partial charge in [0.1, 0.15) is 5.54 Å². The fourth-order valence-electron chi connectivity index (χ4n) is 3.62. The van der Waals surface area contributed by atoms with Gasteiger partial charge in [0.15, 0.2) is 0 Å². The van der Waals surface area contributed by atoms with Gasteiger partial charge in [-0.15, -0.1) is 0 Å².